The Morgan fingerprint density at radius 2 is 0.770 bits per heavy atom. The van der Waals surface area contributed by atoms with Crippen LogP contribution in [0, 0.1) is 61.6 Å². The lowest BCUT2D eigenvalue weighted by atomic mass is 9.81. The highest BCUT2D eigenvalue weighted by molar-refractivity contribution is 6.45. The molecule has 8 aromatic rings. The maximum Gasteiger partial charge on any atom is 0.410 e. The molecule has 4 aromatic carbocycles. The van der Waals surface area contributed by atoms with Crippen molar-refractivity contribution in [2.24, 2.45) is 16.2 Å². The molecule has 9 heterocycles. The van der Waals surface area contributed by atoms with E-state index in [0.717, 1.165) is 98.7 Å². The van der Waals surface area contributed by atoms with E-state index in [9.17, 15) is 59.4 Å². The number of aliphatic carboxylic acids is 1. The van der Waals surface area contributed by atoms with Gasteiger partial charge >= 0.3 is 24.2 Å². The number of rotatable bonds is 12. The Bertz CT molecular complexity index is 5490. The average Bonchev–Trinajstić information content (AvgIpc) is 1.53. The number of nitrogens with zero attached hydrogens (tertiary/aromatic N) is 10. The third kappa shape index (κ3) is 20.4. The van der Waals surface area contributed by atoms with Crippen LogP contribution >= 0.6 is 0 Å². The number of methoxy groups -OCH3 is 4. The fraction of sp³-hybridized carbons (Fsp3) is 0.464. The number of amides is 4. The van der Waals surface area contributed by atoms with Crippen molar-refractivity contribution in [1.29, 1.82) is 21.0 Å². The Kier molecular flexibility index (Phi) is 28.9. The number of ether oxygens (including phenoxy) is 7. The average molecular weight is 1720 g/mol. The van der Waals surface area contributed by atoms with Crippen LogP contribution in [0.25, 0.3) is 27.4 Å². The molecule has 4 aromatic heterocycles. The molecule has 29 heteroatoms. The molecule has 3 saturated carbocycles. The van der Waals surface area contributed by atoms with E-state index in [1.807, 2.05) is 159 Å². The number of piperidine rings is 5. The number of aromatic amines is 2. The van der Waals surface area contributed by atoms with Gasteiger partial charge in [0.2, 0.25) is 11.8 Å². The van der Waals surface area contributed by atoms with Crippen LogP contribution in [-0.4, -0.2) is 203 Å². The summed E-state index contributed by atoms with van der Waals surface area (Å²) in [5.41, 5.74) is 5.07. The molecule has 8 fully saturated rings. The van der Waals surface area contributed by atoms with Gasteiger partial charge in [0.15, 0.2) is 0 Å². The molecule has 4 amide bonds. The summed E-state index contributed by atoms with van der Waals surface area (Å²) in [5.74, 6) is -2.21. The number of carbonyl (C=O) groups is 8. The molecule has 29 nitrogen and oxygen atoms in total. The number of benzene rings is 4. The maximum atomic E-state index is 13.2. The van der Waals surface area contributed by atoms with Crippen molar-refractivity contribution in [2.45, 2.75) is 179 Å². The third-order valence-electron chi connectivity index (χ3n) is 25.0. The molecule has 126 heavy (non-hydrogen) atoms. The van der Waals surface area contributed by atoms with E-state index in [2.05, 4.69) is 73.8 Å². The van der Waals surface area contributed by atoms with E-state index < -0.39 is 45.7 Å². The van der Waals surface area contributed by atoms with Crippen molar-refractivity contribution < 1.29 is 76.6 Å². The Labute approximate surface area is 735 Å². The Morgan fingerprint density at radius 1 is 0.437 bits per heavy atom. The summed E-state index contributed by atoms with van der Waals surface area (Å²) in [6.07, 6.45) is 15.4. The van der Waals surface area contributed by atoms with Crippen LogP contribution in [0.5, 0.6) is 23.3 Å². The fourth-order valence-corrected chi connectivity index (χ4v) is 18.0. The number of allylic oxidation sites excluding steroid dienone is 1. The first kappa shape index (κ1) is 93.6. The number of carbonyl (C=O) groups excluding carboxylic acids is 7. The second kappa shape index (κ2) is 39.0. The van der Waals surface area contributed by atoms with Crippen LogP contribution in [0.15, 0.2) is 152 Å². The minimum atomic E-state index is -1.53. The zero-order valence-corrected chi connectivity index (χ0v) is 74.2. The Balaban J connectivity index is 0.000000150. The number of ketones is 3. The number of hydrogen-bond donors (Lipinski definition) is 4. The predicted octanol–water partition coefficient (Wildman–Crippen LogP) is 15.8. The van der Waals surface area contributed by atoms with Gasteiger partial charge in [-0.2, -0.15) is 21.0 Å². The van der Waals surface area contributed by atoms with E-state index in [4.69, 9.17) is 38.3 Å². The lowest BCUT2D eigenvalue weighted by Gasteiger charge is -2.35. The highest BCUT2D eigenvalue weighted by Gasteiger charge is 2.71. The molecule has 0 radical (unpaired) electrons. The number of pyridine rings is 2. The third-order valence-corrected chi connectivity index (χ3v) is 25.0. The number of carboxylic acids is 1. The van der Waals surface area contributed by atoms with Crippen molar-refractivity contribution in [3.8, 4) is 47.5 Å². The minimum absolute atomic E-state index is 0.00931. The van der Waals surface area contributed by atoms with Gasteiger partial charge in [0, 0.05) is 77.6 Å². The van der Waals surface area contributed by atoms with Crippen molar-refractivity contribution in [2.75, 3.05) is 93.9 Å². The summed E-state index contributed by atoms with van der Waals surface area (Å²) in [6.45, 7) is 23.3. The van der Waals surface area contributed by atoms with Crippen LogP contribution < -0.4 is 24.3 Å². The van der Waals surface area contributed by atoms with E-state index in [1.54, 1.807) is 19.6 Å². The summed E-state index contributed by atoms with van der Waals surface area (Å²) >= 11 is 0. The van der Waals surface area contributed by atoms with E-state index >= 15 is 0 Å². The van der Waals surface area contributed by atoms with Gasteiger partial charge in [-0.15, -0.1) is 0 Å². The molecule has 3 unspecified atom stereocenters. The summed E-state index contributed by atoms with van der Waals surface area (Å²) in [5, 5.41) is 51.8. The molecule has 5 saturated heterocycles. The highest BCUT2D eigenvalue weighted by atomic mass is 16.6. The lowest BCUT2D eigenvalue weighted by Crippen LogP contribution is -2.44. The zero-order valence-electron chi connectivity index (χ0n) is 74.2. The predicted molar refractivity (Wildman–Crippen MR) is 470 cm³/mol. The first-order valence-corrected chi connectivity index (χ1v) is 42.6. The van der Waals surface area contributed by atoms with E-state index in [1.165, 1.54) is 58.8 Å². The molecule has 3 aliphatic carbocycles. The summed E-state index contributed by atoms with van der Waals surface area (Å²) in [4.78, 5) is 116. The molecule has 5 aliphatic heterocycles. The van der Waals surface area contributed by atoms with Crippen molar-refractivity contribution >= 4 is 74.9 Å². The number of nitriles is 4. The zero-order chi connectivity index (χ0) is 91.2. The number of H-pyrrole nitrogens is 2. The SMILES string of the molecule is CC(C)(C)OC(=O)N1CCC(=C(C#N)c2ccccc2)CC1.CC(C)(C)OC(=O)N1CCC(=O)CC1.CC(C)(C)OC(=O)N1CCC2(CC1)CC2(C#N)c1ccccc1.COc1ncc(OC)c2c(C(=O)C(=O)N3CCC4(CC3)CC4(C#N)c3ccccc3)c[nH]c12.COc1ncc(OC)c2c(C(=O)C(=O)O)c[nH]c12.N#CC1(c2ccccc2)CC12CCNCC2. The summed E-state index contributed by atoms with van der Waals surface area (Å²) in [6, 6.07) is 50.0. The number of aromatic nitrogens is 4. The Hall–Kier alpha value is -13.1. The Morgan fingerprint density at radius 3 is 1.10 bits per heavy atom. The van der Waals surface area contributed by atoms with Crippen molar-refractivity contribution in [3.63, 3.8) is 0 Å². The molecule has 4 N–H and O–H groups in total. The van der Waals surface area contributed by atoms with Crippen LogP contribution in [0.3, 0.4) is 0 Å². The fourth-order valence-electron chi connectivity index (χ4n) is 18.0. The first-order chi connectivity index (χ1) is 60.0. The summed E-state index contributed by atoms with van der Waals surface area (Å²) in [7, 11) is 5.80. The first-order valence-electron chi connectivity index (χ1n) is 42.6. The molecule has 662 valence electrons. The number of carboxylic acid groups (broad SMARTS) is 1. The smallest absolute Gasteiger partial charge is 0.410 e. The van der Waals surface area contributed by atoms with Crippen molar-refractivity contribution in [1.82, 2.24) is 44.9 Å². The van der Waals surface area contributed by atoms with Gasteiger partial charge in [0.05, 0.1) is 109 Å². The van der Waals surface area contributed by atoms with Gasteiger partial charge < -0.3 is 73.1 Å². The van der Waals surface area contributed by atoms with Gasteiger partial charge in [0.1, 0.15) is 45.1 Å². The molecule has 16 rings (SSSR count). The largest absolute Gasteiger partial charge is 0.494 e. The number of likely N-dealkylation sites (tertiary alicyclic amines) is 4. The second-order valence-corrected chi connectivity index (χ2v) is 36.0. The van der Waals surface area contributed by atoms with Crippen LogP contribution in [0.2, 0.25) is 0 Å². The monoisotopic (exact) mass is 1720 g/mol. The normalized spacial score (nSPS) is 20.3. The van der Waals surface area contributed by atoms with Gasteiger partial charge in [-0.05, 0) is 190 Å². The molecule has 8 aliphatic rings. The van der Waals surface area contributed by atoms with Gasteiger partial charge in [0.25, 0.3) is 17.5 Å². The molecule has 0 bridgehead atoms. The molecular weight excluding hydrogens is 1600 g/mol. The molecular formula is C97H113N13O16. The van der Waals surface area contributed by atoms with E-state index in [0.29, 0.717) is 117 Å². The van der Waals surface area contributed by atoms with Gasteiger partial charge in [-0.3, -0.25) is 19.2 Å². The number of fused-ring (bicyclic) bond motifs is 2. The number of nitrogens with one attached hydrogen (secondary N) is 3. The van der Waals surface area contributed by atoms with Crippen molar-refractivity contribution in [3.05, 3.63) is 185 Å². The van der Waals surface area contributed by atoms with Crippen LogP contribution in [0.4, 0.5) is 14.4 Å². The minimum Gasteiger partial charge on any atom is -0.494 e. The molecule has 3 atom stereocenters. The summed E-state index contributed by atoms with van der Waals surface area (Å²) < 4.78 is 36.8. The maximum absolute atomic E-state index is 13.2. The van der Waals surface area contributed by atoms with Gasteiger partial charge in [-0.1, -0.05) is 121 Å². The number of Topliss-reactive ketones (excluding diaryl/α,β-unsaturated/α-hetero) is 3. The van der Waals surface area contributed by atoms with E-state index in [-0.39, 0.29) is 68.1 Å². The topological polar surface area (TPSA) is 399 Å². The quantitative estimate of drug-likeness (QED) is 0.0382. The molecule has 3 spiro atoms. The second-order valence-electron chi connectivity index (χ2n) is 36.0. The van der Waals surface area contributed by atoms with Crippen LogP contribution in [-0.2, 0) is 44.8 Å². The van der Waals surface area contributed by atoms with Crippen LogP contribution in [0.1, 0.15) is 189 Å². The highest BCUT2D eigenvalue weighted by Crippen LogP contribution is 2.71. The lowest BCUT2D eigenvalue weighted by molar-refractivity contribution is -0.132. The standard InChI is InChI=1S/C25H24N4O4.C19H24N2O2.C18H22N2O2.C14H16N2.C11H10N2O5.C10H17NO3/c1-32-18-13-28-22(33-2)20-19(18)17(12-27-20)21(30)23(31)29-10-8-24(9-11-29)14-25(24,15-26)16-6-4-3-5-7-16;1-17(2,3)23-16(22)21-11-9-18(10-12-21)13-19(18,14-20)15-7-5-4-6-8-15;1-18(2,3)22-17(21)20-11-9-15(10-12-20)16(13-19)14-7-5-4-6-8-14;15-11-14(12-4-2-1-3-5-12)10-13(14)6-8-16-9-7-13;1-17-6-4-13-10(18-2)8-7(6)5(3-12-8)9(14)11(15)16;1-10(2,3)14-9(13)11-6-4-8(12)5-7-11/h3-7,12-13,27H,8-11,14H2,1-2H3;4-8H,9-13H2,1-3H3;4-8H,9-12H2,1-3H3;1-5,16H,6-10H2;3-4,12H,1-2H3,(H,15,16);4-7H2,1-3H3. The number of hydrogen-bond acceptors (Lipinski definition) is 22. The van der Waals surface area contributed by atoms with Gasteiger partial charge in [-0.25, -0.2) is 29.1 Å².